The van der Waals surface area contributed by atoms with Crippen molar-refractivity contribution in [1.82, 2.24) is 9.55 Å². The average Bonchev–Trinajstić information content (AvgIpc) is 3.16. The van der Waals surface area contributed by atoms with Crippen molar-refractivity contribution in [2.75, 3.05) is 0 Å². The fourth-order valence-corrected chi connectivity index (χ4v) is 3.96. The summed E-state index contributed by atoms with van der Waals surface area (Å²) in [7, 11) is 0. The normalized spacial score (nSPS) is 17.3. The maximum atomic E-state index is 6.46. The van der Waals surface area contributed by atoms with Crippen molar-refractivity contribution in [3.05, 3.63) is 54.1 Å². The highest BCUT2D eigenvalue weighted by molar-refractivity contribution is 5.27. The Hall–Kier alpha value is -1.61. The average molecular weight is 355 g/mol. The quantitative estimate of drug-likeness (QED) is 0.634. The van der Waals surface area contributed by atoms with Crippen molar-refractivity contribution < 1.29 is 4.74 Å². The van der Waals surface area contributed by atoms with Crippen LogP contribution in [0.1, 0.15) is 70.4 Å². The number of aryl methyl sites for hydroxylation is 1. The molecule has 1 aliphatic rings. The molecule has 1 aliphatic carbocycles. The summed E-state index contributed by atoms with van der Waals surface area (Å²) < 4.78 is 8.62. The number of hydrogen-bond donors (Lipinski definition) is 0. The summed E-state index contributed by atoms with van der Waals surface area (Å²) in [5.74, 6) is 0.709. The van der Waals surface area contributed by atoms with Crippen molar-refractivity contribution >= 4 is 0 Å². The van der Waals surface area contributed by atoms with E-state index in [1.54, 1.807) is 0 Å². The molecule has 1 atom stereocenters. The smallest absolute Gasteiger partial charge is 0.0945 e. The van der Waals surface area contributed by atoms with Crippen LogP contribution in [0.3, 0.4) is 0 Å². The van der Waals surface area contributed by atoms with Gasteiger partial charge in [-0.15, -0.1) is 0 Å². The van der Waals surface area contributed by atoms with Gasteiger partial charge in [-0.25, -0.2) is 4.98 Å². The summed E-state index contributed by atoms with van der Waals surface area (Å²) in [4.78, 5) is 4.16. The van der Waals surface area contributed by atoms with Crippen LogP contribution < -0.4 is 0 Å². The van der Waals surface area contributed by atoms with Crippen LogP contribution >= 0.6 is 0 Å². The molecular weight excluding hydrogens is 320 g/mol. The topological polar surface area (TPSA) is 27.1 Å². The van der Waals surface area contributed by atoms with Crippen LogP contribution in [0.15, 0.2) is 43.0 Å². The molecule has 0 saturated heterocycles. The van der Waals surface area contributed by atoms with Gasteiger partial charge in [0.15, 0.2) is 0 Å². The predicted octanol–water partition coefficient (Wildman–Crippen LogP) is 5.74. The van der Waals surface area contributed by atoms with E-state index in [2.05, 4.69) is 54.6 Å². The molecule has 0 aliphatic heterocycles. The lowest BCUT2D eigenvalue weighted by atomic mass is 9.84. The number of rotatable bonds is 7. The molecule has 1 aromatic carbocycles. The number of benzene rings is 1. The number of ether oxygens (including phenoxy) is 1. The van der Waals surface area contributed by atoms with Crippen molar-refractivity contribution in [3.63, 3.8) is 0 Å². The lowest BCUT2D eigenvalue weighted by Gasteiger charge is -2.30. The zero-order chi connectivity index (χ0) is 18.4. The molecular formula is C23H34N2O. The summed E-state index contributed by atoms with van der Waals surface area (Å²) >= 11 is 0. The minimum absolute atomic E-state index is 0.203. The van der Waals surface area contributed by atoms with E-state index in [0.29, 0.717) is 12.0 Å². The van der Waals surface area contributed by atoms with Crippen molar-refractivity contribution in [1.29, 1.82) is 0 Å². The van der Waals surface area contributed by atoms with Crippen LogP contribution in [0.4, 0.5) is 0 Å². The predicted molar refractivity (Wildman–Crippen MR) is 107 cm³/mol. The fourth-order valence-electron chi connectivity index (χ4n) is 3.96. The number of nitrogens with zero attached hydrogens (tertiary/aromatic N) is 2. The molecule has 0 N–H and O–H groups in total. The molecule has 1 aromatic heterocycles. The Labute approximate surface area is 158 Å². The van der Waals surface area contributed by atoms with E-state index in [-0.39, 0.29) is 5.41 Å². The first-order valence-electron chi connectivity index (χ1n) is 10.2. The van der Waals surface area contributed by atoms with Gasteiger partial charge in [0, 0.05) is 18.9 Å². The number of imidazole rings is 1. The molecule has 0 bridgehead atoms. The van der Waals surface area contributed by atoms with E-state index in [4.69, 9.17) is 4.74 Å². The van der Waals surface area contributed by atoms with Crippen LogP contribution in [-0.4, -0.2) is 15.7 Å². The van der Waals surface area contributed by atoms with Gasteiger partial charge < -0.3 is 9.30 Å². The molecule has 0 radical (unpaired) electrons. The molecule has 1 unspecified atom stereocenters. The second kappa shape index (κ2) is 8.85. The fraction of sp³-hybridized carbons (Fsp3) is 0.609. The lowest BCUT2D eigenvalue weighted by molar-refractivity contribution is -0.0176. The molecule has 0 amide bonds. The van der Waals surface area contributed by atoms with Crippen molar-refractivity contribution in [2.45, 2.75) is 84.0 Å². The van der Waals surface area contributed by atoms with Crippen molar-refractivity contribution in [3.8, 4) is 0 Å². The van der Waals surface area contributed by atoms with E-state index >= 15 is 0 Å². The molecule has 3 rings (SSSR count). The first kappa shape index (κ1) is 19.2. The van der Waals surface area contributed by atoms with E-state index in [1.165, 1.54) is 43.2 Å². The molecule has 1 saturated carbocycles. The van der Waals surface area contributed by atoms with Crippen LogP contribution in [0.25, 0.3) is 0 Å². The van der Waals surface area contributed by atoms with Crippen LogP contribution in [0, 0.1) is 5.92 Å². The summed E-state index contributed by atoms with van der Waals surface area (Å²) in [6, 6.07) is 8.96. The third-order valence-corrected chi connectivity index (χ3v) is 5.69. The minimum Gasteiger partial charge on any atom is -0.373 e. The lowest BCUT2D eigenvalue weighted by Crippen LogP contribution is -2.27. The Morgan fingerprint density at radius 3 is 2.46 bits per heavy atom. The summed E-state index contributed by atoms with van der Waals surface area (Å²) in [5.41, 5.74) is 2.86. The van der Waals surface area contributed by atoms with Gasteiger partial charge in [0.1, 0.15) is 0 Å². The Morgan fingerprint density at radius 1 is 1.12 bits per heavy atom. The van der Waals surface area contributed by atoms with E-state index < -0.39 is 0 Å². The third kappa shape index (κ3) is 5.44. The monoisotopic (exact) mass is 354 g/mol. The van der Waals surface area contributed by atoms with Crippen LogP contribution in [0.5, 0.6) is 0 Å². The minimum atomic E-state index is 0.203. The summed E-state index contributed by atoms with van der Waals surface area (Å²) in [6.07, 6.45) is 14.0. The number of aromatic nitrogens is 2. The third-order valence-electron chi connectivity index (χ3n) is 5.69. The largest absolute Gasteiger partial charge is 0.373 e. The van der Waals surface area contributed by atoms with Gasteiger partial charge in [0.2, 0.25) is 0 Å². The highest BCUT2D eigenvalue weighted by Gasteiger charge is 2.24. The maximum absolute atomic E-state index is 6.46. The molecule has 3 heteroatoms. The van der Waals surface area contributed by atoms with Crippen molar-refractivity contribution in [2.24, 2.45) is 5.92 Å². The van der Waals surface area contributed by atoms with Gasteiger partial charge in [-0.05, 0) is 41.7 Å². The molecule has 1 fully saturated rings. The Bertz CT molecular complexity index is 634. The van der Waals surface area contributed by atoms with E-state index in [1.807, 2.05) is 18.7 Å². The van der Waals surface area contributed by atoms with Gasteiger partial charge in [0.25, 0.3) is 0 Å². The first-order chi connectivity index (χ1) is 12.5. The molecule has 26 heavy (non-hydrogen) atoms. The highest BCUT2D eigenvalue weighted by Crippen LogP contribution is 2.30. The van der Waals surface area contributed by atoms with Gasteiger partial charge >= 0.3 is 0 Å². The molecule has 2 aromatic rings. The van der Waals surface area contributed by atoms with Crippen LogP contribution in [0.2, 0.25) is 0 Å². The van der Waals surface area contributed by atoms with Gasteiger partial charge in [0.05, 0.1) is 19.0 Å². The maximum Gasteiger partial charge on any atom is 0.0945 e. The first-order valence-corrected chi connectivity index (χ1v) is 10.2. The highest BCUT2D eigenvalue weighted by atomic mass is 16.5. The molecule has 1 heterocycles. The Kier molecular flexibility index (Phi) is 6.53. The standard InChI is InChI=1S/C23H34N2O/c1-23(2,3)21-11-9-19(10-12-21)17-26-22(20-7-5-4-6-8-20)13-15-25-16-14-24-18-25/h9-12,14,16,18,20,22H,4-8,13,15,17H2,1-3H3. The van der Waals surface area contributed by atoms with E-state index in [0.717, 1.165) is 19.6 Å². The van der Waals surface area contributed by atoms with Gasteiger partial charge in [-0.3, -0.25) is 0 Å². The summed E-state index contributed by atoms with van der Waals surface area (Å²) in [6.45, 7) is 8.48. The zero-order valence-electron chi connectivity index (χ0n) is 16.7. The molecule has 0 spiro atoms. The van der Waals surface area contributed by atoms with Gasteiger partial charge in [-0.1, -0.05) is 64.3 Å². The second-order valence-corrected chi connectivity index (χ2v) is 8.78. The van der Waals surface area contributed by atoms with Gasteiger partial charge in [-0.2, -0.15) is 0 Å². The Balaban J connectivity index is 1.59. The Morgan fingerprint density at radius 2 is 1.85 bits per heavy atom. The second-order valence-electron chi connectivity index (χ2n) is 8.78. The summed E-state index contributed by atoms with van der Waals surface area (Å²) in [5, 5.41) is 0. The molecule has 3 nitrogen and oxygen atoms in total. The SMILES string of the molecule is CC(C)(C)c1ccc(COC(CCn2ccnc2)C2CCCCC2)cc1. The number of hydrogen-bond acceptors (Lipinski definition) is 2. The van der Waals surface area contributed by atoms with Crippen LogP contribution in [-0.2, 0) is 23.3 Å². The van der Waals surface area contributed by atoms with E-state index in [9.17, 15) is 0 Å². The molecule has 142 valence electrons. The zero-order valence-corrected chi connectivity index (χ0v) is 16.7.